The second-order valence-electron chi connectivity index (χ2n) is 4.00. The van der Waals surface area contributed by atoms with E-state index in [0.29, 0.717) is 22.7 Å². The van der Waals surface area contributed by atoms with Crippen molar-refractivity contribution in [3.63, 3.8) is 0 Å². The Kier molecular flexibility index (Phi) is 3.43. The third-order valence-corrected chi connectivity index (χ3v) is 3.87. The van der Waals surface area contributed by atoms with Crippen molar-refractivity contribution >= 4 is 46.5 Å². The maximum Gasteiger partial charge on any atom is 0.338 e. The molecule has 1 atom stereocenters. The normalized spacial score (nSPS) is 21.0. The van der Waals surface area contributed by atoms with Crippen LogP contribution in [0.4, 0.5) is 5.69 Å². The van der Waals surface area contributed by atoms with Gasteiger partial charge in [0.25, 0.3) is 0 Å². The van der Waals surface area contributed by atoms with Gasteiger partial charge in [-0.05, 0) is 24.6 Å². The molecule has 2 rings (SSSR count). The maximum atomic E-state index is 11.6. The molecule has 1 aromatic rings. The summed E-state index contributed by atoms with van der Waals surface area (Å²) in [5.41, 5.74) is 6.30. The molecule has 2 N–H and O–H groups in total. The molecule has 0 bridgehead atoms. The minimum Gasteiger partial charge on any atom is -0.462 e. The van der Waals surface area contributed by atoms with Crippen molar-refractivity contribution in [2.45, 2.75) is 10.8 Å². The van der Waals surface area contributed by atoms with Gasteiger partial charge in [-0.1, -0.05) is 11.6 Å². The summed E-state index contributed by atoms with van der Waals surface area (Å²) in [5, 5.41) is 0.407. The summed E-state index contributed by atoms with van der Waals surface area (Å²) in [6.45, 7) is 0.217. The SMILES string of the molecule is Nc1cc(C(=O)OCC2CC2(Cl)Cl)ccc1Cl. The van der Waals surface area contributed by atoms with E-state index in [1.54, 1.807) is 12.1 Å². The number of anilines is 1. The Balaban J connectivity index is 1.93. The molecular weight excluding hydrogens is 284 g/mol. The van der Waals surface area contributed by atoms with Crippen LogP contribution >= 0.6 is 34.8 Å². The first kappa shape index (κ1) is 12.8. The lowest BCUT2D eigenvalue weighted by atomic mass is 10.2. The number of nitrogens with two attached hydrogens (primary N) is 1. The predicted octanol–water partition coefficient (Wildman–Crippen LogP) is 3.27. The summed E-state index contributed by atoms with van der Waals surface area (Å²) in [6.07, 6.45) is 0.645. The van der Waals surface area contributed by atoms with Gasteiger partial charge in [0.2, 0.25) is 0 Å². The fourth-order valence-corrected chi connectivity index (χ4v) is 2.00. The fourth-order valence-electron chi connectivity index (χ4n) is 1.38. The van der Waals surface area contributed by atoms with E-state index in [0.717, 1.165) is 0 Å². The van der Waals surface area contributed by atoms with Gasteiger partial charge in [-0.2, -0.15) is 0 Å². The lowest BCUT2D eigenvalue weighted by molar-refractivity contribution is 0.0485. The van der Waals surface area contributed by atoms with Crippen molar-refractivity contribution < 1.29 is 9.53 Å². The molecule has 1 fully saturated rings. The van der Waals surface area contributed by atoms with E-state index in [1.165, 1.54) is 6.07 Å². The molecular formula is C11H10Cl3NO2. The molecule has 1 aromatic carbocycles. The Morgan fingerprint density at radius 1 is 1.53 bits per heavy atom. The number of esters is 1. The molecule has 1 aliphatic rings. The van der Waals surface area contributed by atoms with E-state index in [1.807, 2.05) is 0 Å². The number of benzene rings is 1. The second-order valence-corrected chi connectivity index (χ2v) is 5.95. The highest BCUT2D eigenvalue weighted by atomic mass is 35.5. The number of alkyl halides is 2. The number of carbonyl (C=O) groups is 1. The average molecular weight is 295 g/mol. The third-order valence-electron chi connectivity index (χ3n) is 2.60. The van der Waals surface area contributed by atoms with Gasteiger partial charge in [-0.25, -0.2) is 4.79 Å². The van der Waals surface area contributed by atoms with Crippen molar-refractivity contribution in [1.29, 1.82) is 0 Å². The highest BCUT2D eigenvalue weighted by molar-refractivity contribution is 6.50. The third kappa shape index (κ3) is 2.97. The highest BCUT2D eigenvalue weighted by Gasteiger charge is 2.52. The minimum atomic E-state index is -0.737. The van der Waals surface area contributed by atoms with E-state index in [-0.39, 0.29) is 12.5 Å². The summed E-state index contributed by atoms with van der Waals surface area (Å²) in [5.74, 6) is -0.441. The fraction of sp³-hybridized carbons (Fsp3) is 0.364. The van der Waals surface area contributed by atoms with Crippen LogP contribution in [0.3, 0.4) is 0 Å². The van der Waals surface area contributed by atoms with Gasteiger partial charge >= 0.3 is 5.97 Å². The number of nitrogen functional groups attached to an aromatic ring is 1. The Bertz CT molecular complexity index is 462. The molecule has 17 heavy (non-hydrogen) atoms. The summed E-state index contributed by atoms with van der Waals surface area (Å²) >= 11 is 17.4. The van der Waals surface area contributed by atoms with E-state index >= 15 is 0 Å². The van der Waals surface area contributed by atoms with Crippen LogP contribution in [0, 0.1) is 5.92 Å². The van der Waals surface area contributed by atoms with E-state index in [4.69, 9.17) is 45.3 Å². The first-order chi connectivity index (χ1) is 7.90. The topological polar surface area (TPSA) is 52.3 Å². The van der Waals surface area contributed by atoms with Crippen LogP contribution in [0.5, 0.6) is 0 Å². The average Bonchev–Trinajstić information content (AvgIpc) is 2.87. The molecule has 0 radical (unpaired) electrons. The molecule has 3 nitrogen and oxygen atoms in total. The highest BCUT2D eigenvalue weighted by Crippen LogP contribution is 2.53. The van der Waals surface area contributed by atoms with Gasteiger partial charge in [0.05, 0.1) is 22.9 Å². The molecule has 6 heteroatoms. The lowest BCUT2D eigenvalue weighted by Crippen LogP contribution is -2.10. The zero-order valence-corrected chi connectivity index (χ0v) is 11.0. The van der Waals surface area contributed by atoms with Crippen LogP contribution in [-0.4, -0.2) is 16.9 Å². The molecule has 1 aliphatic carbocycles. The van der Waals surface area contributed by atoms with Crippen molar-refractivity contribution in [2.24, 2.45) is 5.92 Å². The van der Waals surface area contributed by atoms with Crippen LogP contribution < -0.4 is 5.73 Å². The molecule has 0 aromatic heterocycles. The molecule has 0 spiro atoms. The number of carbonyl (C=O) groups excluding carboxylic acids is 1. The van der Waals surface area contributed by atoms with E-state index in [2.05, 4.69) is 0 Å². The number of hydrogen-bond acceptors (Lipinski definition) is 3. The van der Waals surface area contributed by atoms with Crippen LogP contribution in [0.15, 0.2) is 18.2 Å². The maximum absolute atomic E-state index is 11.6. The van der Waals surface area contributed by atoms with Gasteiger partial charge in [0, 0.05) is 5.92 Å². The molecule has 0 aliphatic heterocycles. The number of halogens is 3. The predicted molar refractivity (Wildman–Crippen MR) is 68.7 cm³/mol. The van der Waals surface area contributed by atoms with E-state index < -0.39 is 10.3 Å². The summed E-state index contributed by atoms with van der Waals surface area (Å²) < 4.78 is 4.34. The number of hydrogen-bond donors (Lipinski definition) is 1. The van der Waals surface area contributed by atoms with Crippen LogP contribution in [0.1, 0.15) is 16.8 Å². The largest absolute Gasteiger partial charge is 0.462 e. The van der Waals surface area contributed by atoms with Crippen molar-refractivity contribution in [3.8, 4) is 0 Å². The summed E-state index contributed by atoms with van der Waals surface area (Å²) in [7, 11) is 0. The van der Waals surface area contributed by atoms with Gasteiger partial charge in [0.15, 0.2) is 0 Å². The van der Waals surface area contributed by atoms with Crippen LogP contribution in [0.2, 0.25) is 5.02 Å². The quantitative estimate of drug-likeness (QED) is 0.529. The van der Waals surface area contributed by atoms with Gasteiger partial charge in [0.1, 0.15) is 4.33 Å². The number of rotatable bonds is 3. The Morgan fingerprint density at radius 2 is 2.18 bits per heavy atom. The van der Waals surface area contributed by atoms with Gasteiger partial charge < -0.3 is 10.5 Å². The molecule has 0 amide bonds. The first-order valence-electron chi connectivity index (χ1n) is 5.00. The standard InChI is InChI=1S/C11H10Cl3NO2/c12-8-2-1-6(3-9(8)15)10(16)17-5-7-4-11(7,13)14/h1-3,7H,4-5,15H2. The molecule has 1 saturated carbocycles. The zero-order chi connectivity index (χ0) is 12.6. The molecule has 0 heterocycles. The van der Waals surface area contributed by atoms with Gasteiger partial charge in [-0.3, -0.25) is 0 Å². The van der Waals surface area contributed by atoms with Crippen molar-refractivity contribution in [3.05, 3.63) is 28.8 Å². The van der Waals surface area contributed by atoms with Crippen molar-refractivity contribution in [1.82, 2.24) is 0 Å². The van der Waals surface area contributed by atoms with Crippen LogP contribution in [0.25, 0.3) is 0 Å². The Morgan fingerprint density at radius 3 is 2.71 bits per heavy atom. The monoisotopic (exact) mass is 293 g/mol. The second kappa shape index (κ2) is 4.56. The zero-order valence-electron chi connectivity index (χ0n) is 8.75. The lowest BCUT2D eigenvalue weighted by Gasteiger charge is -2.06. The molecule has 1 unspecified atom stereocenters. The van der Waals surface area contributed by atoms with Gasteiger partial charge in [-0.15, -0.1) is 23.2 Å². The van der Waals surface area contributed by atoms with Crippen molar-refractivity contribution in [2.75, 3.05) is 12.3 Å². The molecule has 92 valence electrons. The first-order valence-corrected chi connectivity index (χ1v) is 6.13. The van der Waals surface area contributed by atoms with Crippen LogP contribution in [-0.2, 0) is 4.74 Å². The summed E-state index contributed by atoms with van der Waals surface area (Å²) in [6, 6.07) is 4.59. The number of ether oxygens (including phenoxy) is 1. The Hall–Kier alpha value is -0.640. The Labute approximate surface area is 114 Å². The molecule has 0 saturated heterocycles. The smallest absolute Gasteiger partial charge is 0.338 e. The van der Waals surface area contributed by atoms with E-state index in [9.17, 15) is 4.79 Å². The summed E-state index contributed by atoms with van der Waals surface area (Å²) in [4.78, 5) is 11.6. The minimum absolute atomic E-state index is 0.0134.